The molecule has 0 saturated heterocycles. The molecular weight excluding hydrogens is 316 g/mol. The number of carbonyl (C=O) groups is 2. The maximum absolute atomic E-state index is 11.8. The van der Waals surface area contributed by atoms with Gasteiger partial charge < -0.3 is 9.47 Å². The molecule has 0 rings (SSSR count). The van der Waals surface area contributed by atoms with Crippen molar-refractivity contribution in [1.82, 2.24) is 0 Å². The van der Waals surface area contributed by atoms with Crippen LogP contribution in [-0.4, -0.2) is 25.7 Å². The number of esters is 2. The van der Waals surface area contributed by atoms with E-state index in [2.05, 4.69) is 25.5 Å². The Labute approximate surface area is 154 Å². The van der Waals surface area contributed by atoms with Crippen LogP contribution in [0.4, 0.5) is 0 Å². The van der Waals surface area contributed by atoms with E-state index in [0.29, 0.717) is 24.9 Å². The lowest BCUT2D eigenvalue weighted by Gasteiger charge is -2.13. The van der Waals surface area contributed by atoms with E-state index in [1.54, 1.807) is 6.08 Å². The lowest BCUT2D eigenvalue weighted by molar-refractivity contribution is -0.142. The van der Waals surface area contributed by atoms with Crippen molar-refractivity contribution in [2.75, 3.05) is 13.7 Å². The number of unbranched alkanes of at least 4 members (excludes halogenated alkanes) is 3. The van der Waals surface area contributed by atoms with Crippen LogP contribution in [0.25, 0.3) is 0 Å². The Morgan fingerprint density at radius 1 is 1.00 bits per heavy atom. The first-order chi connectivity index (χ1) is 11.9. The second-order valence-corrected chi connectivity index (χ2v) is 7.35. The third-order valence-corrected chi connectivity index (χ3v) is 4.44. The SMILES string of the molecule is CCCCCC/C(C)=C\C(=O)OCC(C)CCCC(C)CC(=O)OC. The maximum atomic E-state index is 11.8. The molecule has 4 heteroatoms. The van der Waals surface area contributed by atoms with Gasteiger partial charge in [0, 0.05) is 12.5 Å². The van der Waals surface area contributed by atoms with Gasteiger partial charge in [-0.1, -0.05) is 58.4 Å². The molecule has 2 atom stereocenters. The number of methoxy groups -OCH3 is 1. The summed E-state index contributed by atoms with van der Waals surface area (Å²) in [6, 6.07) is 0. The van der Waals surface area contributed by atoms with E-state index in [9.17, 15) is 9.59 Å². The van der Waals surface area contributed by atoms with Crippen LogP contribution in [0, 0.1) is 11.8 Å². The Bertz CT molecular complexity index is 401. The van der Waals surface area contributed by atoms with Gasteiger partial charge in [-0.05, 0) is 38.0 Å². The fourth-order valence-electron chi connectivity index (χ4n) is 2.74. The van der Waals surface area contributed by atoms with Gasteiger partial charge >= 0.3 is 11.9 Å². The number of carbonyl (C=O) groups excluding carboxylic acids is 2. The van der Waals surface area contributed by atoms with Crippen molar-refractivity contribution in [2.24, 2.45) is 11.8 Å². The summed E-state index contributed by atoms with van der Waals surface area (Å²) in [6.07, 6.45) is 11.0. The Morgan fingerprint density at radius 2 is 1.68 bits per heavy atom. The fraction of sp³-hybridized carbons (Fsp3) is 0.810. The monoisotopic (exact) mass is 354 g/mol. The third-order valence-electron chi connectivity index (χ3n) is 4.44. The molecule has 0 heterocycles. The van der Waals surface area contributed by atoms with E-state index < -0.39 is 0 Å². The summed E-state index contributed by atoms with van der Waals surface area (Å²) in [5, 5.41) is 0. The summed E-state index contributed by atoms with van der Waals surface area (Å²) >= 11 is 0. The molecule has 146 valence electrons. The minimum absolute atomic E-state index is 0.147. The highest BCUT2D eigenvalue weighted by Crippen LogP contribution is 2.16. The Balaban J connectivity index is 3.84. The molecule has 2 unspecified atom stereocenters. The Morgan fingerprint density at radius 3 is 2.32 bits per heavy atom. The highest BCUT2D eigenvalue weighted by molar-refractivity contribution is 5.82. The third kappa shape index (κ3) is 14.7. The number of hydrogen-bond donors (Lipinski definition) is 0. The van der Waals surface area contributed by atoms with Crippen molar-refractivity contribution in [2.45, 2.75) is 85.5 Å². The first kappa shape index (κ1) is 23.7. The molecule has 0 aromatic heterocycles. The van der Waals surface area contributed by atoms with Crippen molar-refractivity contribution < 1.29 is 19.1 Å². The van der Waals surface area contributed by atoms with Crippen molar-refractivity contribution in [1.29, 1.82) is 0 Å². The molecule has 0 aliphatic rings. The van der Waals surface area contributed by atoms with Crippen molar-refractivity contribution in [3.05, 3.63) is 11.6 Å². The highest BCUT2D eigenvalue weighted by atomic mass is 16.5. The van der Waals surface area contributed by atoms with Crippen LogP contribution in [0.15, 0.2) is 11.6 Å². The van der Waals surface area contributed by atoms with Gasteiger partial charge in [0.2, 0.25) is 0 Å². The predicted molar refractivity (Wildman–Crippen MR) is 102 cm³/mol. The molecular formula is C21H38O4. The number of ether oxygens (including phenoxy) is 2. The highest BCUT2D eigenvalue weighted by Gasteiger charge is 2.11. The fourth-order valence-corrected chi connectivity index (χ4v) is 2.74. The zero-order valence-corrected chi connectivity index (χ0v) is 16.9. The lowest BCUT2D eigenvalue weighted by atomic mass is 9.97. The molecule has 4 nitrogen and oxygen atoms in total. The summed E-state index contributed by atoms with van der Waals surface area (Å²) in [5.41, 5.74) is 1.10. The van der Waals surface area contributed by atoms with Gasteiger partial charge in [-0.2, -0.15) is 0 Å². The average molecular weight is 355 g/mol. The zero-order valence-electron chi connectivity index (χ0n) is 16.9. The largest absolute Gasteiger partial charge is 0.469 e. The van der Waals surface area contributed by atoms with Crippen LogP contribution in [0.3, 0.4) is 0 Å². The molecule has 0 fully saturated rings. The molecule has 0 radical (unpaired) electrons. The van der Waals surface area contributed by atoms with Gasteiger partial charge in [-0.3, -0.25) is 4.79 Å². The number of rotatable bonds is 14. The molecule has 0 aromatic carbocycles. The molecule has 0 N–H and O–H groups in total. The first-order valence-electron chi connectivity index (χ1n) is 9.79. The summed E-state index contributed by atoms with van der Waals surface area (Å²) in [4.78, 5) is 23.0. The van der Waals surface area contributed by atoms with Crippen LogP contribution >= 0.6 is 0 Å². The van der Waals surface area contributed by atoms with Crippen molar-refractivity contribution in [3.63, 3.8) is 0 Å². The van der Waals surface area contributed by atoms with Gasteiger partial charge in [-0.15, -0.1) is 0 Å². The van der Waals surface area contributed by atoms with Gasteiger partial charge in [0.05, 0.1) is 13.7 Å². The minimum Gasteiger partial charge on any atom is -0.469 e. The van der Waals surface area contributed by atoms with Crippen LogP contribution in [0.1, 0.15) is 85.5 Å². The molecule has 0 bridgehead atoms. The van der Waals surface area contributed by atoms with Crippen LogP contribution in [-0.2, 0) is 19.1 Å². The summed E-state index contributed by atoms with van der Waals surface area (Å²) < 4.78 is 10.0. The maximum Gasteiger partial charge on any atom is 0.330 e. The van der Waals surface area contributed by atoms with Gasteiger partial charge in [0.1, 0.15) is 0 Å². The van der Waals surface area contributed by atoms with E-state index in [1.165, 1.54) is 26.4 Å². The summed E-state index contributed by atoms with van der Waals surface area (Å²) in [7, 11) is 1.42. The van der Waals surface area contributed by atoms with E-state index in [-0.39, 0.29) is 11.9 Å². The normalized spacial score (nSPS) is 14.0. The lowest BCUT2D eigenvalue weighted by Crippen LogP contribution is -2.11. The van der Waals surface area contributed by atoms with Crippen molar-refractivity contribution >= 4 is 11.9 Å². The first-order valence-corrected chi connectivity index (χ1v) is 9.79. The van der Waals surface area contributed by atoms with Gasteiger partial charge in [-0.25, -0.2) is 4.79 Å². The van der Waals surface area contributed by atoms with Crippen LogP contribution < -0.4 is 0 Å². The second kappa shape index (κ2) is 15.0. The number of allylic oxidation sites excluding steroid dienone is 1. The molecule has 0 aliphatic carbocycles. The standard InChI is InChI=1S/C21H38O4/c1-6-7-8-9-11-17(2)15-21(23)25-16-19(4)13-10-12-18(3)14-20(22)24-5/h15,18-19H,6-14,16H2,1-5H3/b17-15-. The van der Waals surface area contributed by atoms with E-state index in [0.717, 1.165) is 37.7 Å². The summed E-state index contributed by atoms with van der Waals surface area (Å²) in [5.74, 6) is 0.304. The van der Waals surface area contributed by atoms with Gasteiger partial charge in [0.25, 0.3) is 0 Å². The molecule has 0 amide bonds. The van der Waals surface area contributed by atoms with E-state index in [1.807, 2.05) is 6.92 Å². The molecule has 25 heavy (non-hydrogen) atoms. The van der Waals surface area contributed by atoms with Crippen LogP contribution in [0.2, 0.25) is 0 Å². The predicted octanol–water partition coefficient (Wildman–Crippen LogP) is 5.45. The molecule has 0 aliphatic heterocycles. The Hall–Kier alpha value is -1.32. The molecule has 0 saturated carbocycles. The topological polar surface area (TPSA) is 52.6 Å². The van der Waals surface area contributed by atoms with Gasteiger partial charge in [0.15, 0.2) is 0 Å². The van der Waals surface area contributed by atoms with Crippen LogP contribution in [0.5, 0.6) is 0 Å². The zero-order chi connectivity index (χ0) is 19.1. The smallest absolute Gasteiger partial charge is 0.330 e. The second-order valence-electron chi connectivity index (χ2n) is 7.35. The average Bonchev–Trinajstić information content (AvgIpc) is 2.56. The molecule has 0 aromatic rings. The number of hydrogen-bond acceptors (Lipinski definition) is 4. The Kier molecular flexibility index (Phi) is 14.2. The summed E-state index contributed by atoms with van der Waals surface area (Å²) in [6.45, 7) is 8.82. The van der Waals surface area contributed by atoms with E-state index >= 15 is 0 Å². The van der Waals surface area contributed by atoms with E-state index in [4.69, 9.17) is 4.74 Å². The van der Waals surface area contributed by atoms with Crippen molar-refractivity contribution in [3.8, 4) is 0 Å². The molecule has 0 spiro atoms. The minimum atomic E-state index is -0.223. The quantitative estimate of drug-likeness (QED) is 0.236.